The van der Waals surface area contributed by atoms with Crippen molar-refractivity contribution in [2.24, 2.45) is 0 Å². The van der Waals surface area contributed by atoms with Crippen molar-refractivity contribution in [3.8, 4) is 67.7 Å². The molecular weight excluding hydrogens is 849 g/mol. The van der Waals surface area contributed by atoms with E-state index in [0.717, 1.165) is 39.4 Å². The summed E-state index contributed by atoms with van der Waals surface area (Å²) in [7, 11) is 0. The van der Waals surface area contributed by atoms with Crippen molar-refractivity contribution in [2.75, 3.05) is 0 Å². The van der Waals surface area contributed by atoms with Gasteiger partial charge in [-0.1, -0.05) is 119 Å². The molecule has 4 aliphatic carbocycles. The van der Waals surface area contributed by atoms with E-state index in [2.05, 4.69) is 144 Å². The first-order valence-corrected chi connectivity index (χ1v) is 19.4. The summed E-state index contributed by atoms with van der Waals surface area (Å²) >= 11 is 0. The fraction of sp³-hybridized carbons (Fsp3) is 0.240. The molecule has 2 unspecified atom stereocenters. The molecule has 271 valence electrons. The van der Waals surface area contributed by atoms with Gasteiger partial charge in [-0.3, -0.25) is 0 Å². The van der Waals surface area contributed by atoms with Gasteiger partial charge in [0.15, 0.2) is 17.5 Å². The van der Waals surface area contributed by atoms with E-state index in [9.17, 15) is 0 Å². The van der Waals surface area contributed by atoms with Crippen molar-refractivity contribution in [1.82, 2.24) is 19.9 Å². The molecule has 2 bridgehead atoms. The molecule has 0 aliphatic heterocycles. The van der Waals surface area contributed by atoms with Gasteiger partial charge in [-0.15, -0.1) is 34.9 Å². The van der Waals surface area contributed by atoms with Crippen LogP contribution in [0.3, 0.4) is 0 Å². The summed E-state index contributed by atoms with van der Waals surface area (Å²) in [5.41, 5.74) is 19.2. The Labute approximate surface area is 336 Å². The number of hydrogen-bond acceptors (Lipinski definition) is 4. The van der Waals surface area contributed by atoms with Crippen LogP contribution in [0.15, 0.2) is 109 Å². The molecule has 0 saturated heterocycles. The zero-order valence-corrected chi connectivity index (χ0v) is 34.2. The Morgan fingerprint density at radius 1 is 0.564 bits per heavy atom. The van der Waals surface area contributed by atoms with Gasteiger partial charge < -0.3 is 4.98 Å². The summed E-state index contributed by atoms with van der Waals surface area (Å²) in [5, 5.41) is 0. The van der Waals surface area contributed by atoms with Crippen molar-refractivity contribution in [3.63, 3.8) is 0 Å². The molecule has 4 aliphatic rings. The summed E-state index contributed by atoms with van der Waals surface area (Å²) in [4.78, 5) is 20.7. The molecule has 5 heteroatoms. The number of rotatable bonds is 4. The van der Waals surface area contributed by atoms with Crippen molar-refractivity contribution in [3.05, 3.63) is 154 Å². The summed E-state index contributed by atoms with van der Waals surface area (Å²) in [5.74, 6) is 3.36. The average Bonchev–Trinajstić information content (AvgIpc) is 3.93. The van der Waals surface area contributed by atoms with Crippen LogP contribution < -0.4 is 0 Å². The van der Waals surface area contributed by atoms with Gasteiger partial charge in [-0.25, -0.2) is 15.0 Å². The Bertz CT molecular complexity index is 2620. The van der Waals surface area contributed by atoms with Gasteiger partial charge in [-0.2, -0.15) is 0 Å². The fourth-order valence-electron chi connectivity index (χ4n) is 10.3. The maximum absolute atomic E-state index is 5.24. The van der Waals surface area contributed by atoms with Crippen LogP contribution in [-0.4, -0.2) is 19.9 Å². The molecule has 4 nitrogen and oxygen atoms in total. The van der Waals surface area contributed by atoms with Crippen LogP contribution in [0.25, 0.3) is 67.7 Å². The van der Waals surface area contributed by atoms with Crippen LogP contribution in [-0.2, 0) is 30.9 Å². The van der Waals surface area contributed by atoms with E-state index in [1.165, 1.54) is 74.9 Å². The fourth-order valence-corrected chi connectivity index (χ4v) is 10.3. The first-order chi connectivity index (χ1) is 26.1. The maximum atomic E-state index is 5.24. The molecule has 7 aromatic rings. The molecule has 2 heterocycles. The molecule has 1 radical (unpaired) electrons. The Morgan fingerprint density at radius 3 is 1.64 bits per heavy atom. The second kappa shape index (κ2) is 12.2. The zero-order valence-electron chi connectivity index (χ0n) is 31.8. The van der Waals surface area contributed by atoms with Crippen LogP contribution >= 0.6 is 0 Å². The van der Waals surface area contributed by atoms with E-state index >= 15 is 0 Å². The molecule has 0 amide bonds. The van der Waals surface area contributed by atoms with Crippen molar-refractivity contribution in [1.29, 1.82) is 0 Å². The topological polar surface area (TPSA) is 51.6 Å². The maximum Gasteiger partial charge on any atom is 0.165 e. The minimum atomic E-state index is -0.133. The minimum absolute atomic E-state index is 0. The predicted molar refractivity (Wildman–Crippen MR) is 217 cm³/mol. The van der Waals surface area contributed by atoms with Gasteiger partial charge in [0.05, 0.1) is 0 Å². The number of aromatic nitrogens is 4. The number of benzene rings is 5. The monoisotopic (exact) mass is 890 g/mol. The second-order valence-corrected chi connectivity index (χ2v) is 17.0. The van der Waals surface area contributed by atoms with Crippen LogP contribution in [0.4, 0.5) is 0 Å². The van der Waals surface area contributed by atoms with E-state index < -0.39 is 0 Å². The first kappa shape index (κ1) is 34.4. The second-order valence-electron chi connectivity index (χ2n) is 17.0. The number of fused-ring (bicyclic) bond motifs is 11. The first-order valence-electron chi connectivity index (χ1n) is 19.4. The third kappa shape index (κ3) is 5.06. The largest absolute Gasteiger partial charge is 0.304 e. The van der Waals surface area contributed by atoms with Gasteiger partial charge in [0.2, 0.25) is 0 Å². The molecule has 2 aromatic heterocycles. The Morgan fingerprint density at radius 2 is 1.07 bits per heavy atom. The van der Waals surface area contributed by atoms with E-state index in [1.54, 1.807) is 0 Å². The average molecular weight is 890 g/mol. The summed E-state index contributed by atoms with van der Waals surface area (Å²) in [6.45, 7) is 11.4. The molecule has 55 heavy (non-hydrogen) atoms. The molecule has 2 atom stereocenters. The quantitative estimate of drug-likeness (QED) is 0.165. The van der Waals surface area contributed by atoms with Gasteiger partial charge in [0.25, 0.3) is 0 Å². The normalized spacial score (nSPS) is 18.6. The molecule has 0 spiro atoms. The Balaban J connectivity index is 0.00000372. The number of aryl methyl sites for hydroxylation is 1. The molecule has 1 fully saturated rings. The van der Waals surface area contributed by atoms with Gasteiger partial charge in [0, 0.05) is 53.8 Å². The van der Waals surface area contributed by atoms with Crippen LogP contribution in [0.1, 0.15) is 97.7 Å². The molecule has 1 saturated carbocycles. The van der Waals surface area contributed by atoms with E-state index in [-0.39, 0.29) is 30.9 Å². The summed E-state index contributed by atoms with van der Waals surface area (Å²) < 4.78 is 0. The molecule has 5 aromatic carbocycles. The molecule has 11 rings (SSSR count). The predicted octanol–water partition coefficient (Wildman–Crippen LogP) is 12.0. The van der Waals surface area contributed by atoms with Gasteiger partial charge in [0.1, 0.15) is 0 Å². The van der Waals surface area contributed by atoms with Crippen molar-refractivity contribution in [2.45, 2.75) is 76.5 Å². The third-order valence-corrected chi connectivity index (χ3v) is 13.2. The number of nitrogens with zero attached hydrogens (tertiary/aromatic N) is 4. The SMILES string of the molecule is Cc1cc(-c2nc(-c3ccc4c(c3)C(C)(C)c3ccccc3-4)nc(-c3ccc4c(c3)C(C)(C)c3ccccc3-4)n2)cnc1-c1[c-]cc2c(c1)C1CCC2C1.[Ir]. The smallest absolute Gasteiger partial charge is 0.165 e. The molecular formula is C50H41IrN4-. The minimum Gasteiger partial charge on any atom is -0.304 e. The van der Waals surface area contributed by atoms with Crippen molar-refractivity contribution >= 4 is 0 Å². The van der Waals surface area contributed by atoms with Crippen LogP contribution in [0.2, 0.25) is 0 Å². The van der Waals surface area contributed by atoms with Crippen LogP contribution in [0.5, 0.6) is 0 Å². The third-order valence-electron chi connectivity index (χ3n) is 13.2. The number of pyridine rings is 1. The van der Waals surface area contributed by atoms with Gasteiger partial charge >= 0.3 is 0 Å². The Hall–Kier alpha value is -5.09. The van der Waals surface area contributed by atoms with Crippen molar-refractivity contribution < 1.29 is 20.1 Å². The summed E-state index contributed by atoms with van der Waals surface area (Å²) in [6, 6.07) is 41.3. The number of hydrogen-bond donors (Lipinski definition) is 0. The Kier molecular flexibility index (Phi) is 7.63. The summed E-state index contributed by atoms with van der Waals surface area (Å²) in [6.07, 6.45) is 5.86. The van der Waals surface area contributed by atoms with Gasteiger partial charge in [-0.05, 0) is 93.9 Å². The zero-order chi connectivity index (χ0) is 36.5. The van der Waals surface area contributed by atoms with E-state index in [0.29, 0.717) is 23.4 Å². The van der Waals surface area contributed by atoms with E-state index in [1.807, 2.05) is 6.20 Å². The van der Waals surface area contributed by atoms with Crippen LogP contribution in [0, 0.1) is 13.0 Å². The van der Waals surface area contributed by atoms with E-state index in [4.69, 9.17) is 19.9 Å². The molecule has 0 N–H and O–H groups in total. The standard InChI is InChI=1S/C50H41N4.Ir/c1-28-22-34(27-51-45(28)31-16-19-35-29-14-15-30(23-29)40(35)24-31)48-53-46(32-17-20-38-36-10-6-8-12-41(36)49(2,3)43(38)25-32)52-47(54-48)33-18-21-39-37-11-7-9-13-42(37)50(4,5)44(39)26-33;/h6-13,17-22,24-27,29-30H,14-15,23H2,1-5H3;/q-1;.